The summed E-state index contributed by atoms with van der Waals surface area (Å²) in [5, 5.41) is 5.36. The van der Waals surface area contributed by atoms with Crippen molar-refractivity contribution in [1.82, 2.24) is 14.5 Å². The Morgan fingerprint density at radius 3 is 2.51 bits per heavy atom. The molecule has 9 heteroatoms. The zero-order valence-electron chi connectivity index (χ0n) is 19.9. The van der Waals surface area contributed by atoms with Gasteiger partial charge in [0.05, 0.1) is 23.4 Å². The number of nitrogens with zero attached hydrogens (tertiary/aromatic N) is 3. The molecule has 5 aromatic rings. The molecular weight excluding hydrogens is 508 g/mol. The number of aromatic nitrogens is 2. The third kappa shape index (κ3) is 5.82. The number of hydrogen-bond donors (Lipinski definition) is 1. The normalized spacial score (nSPS) is 10.9. The number of imidazole rings is 1. The SMILES string of the molecule is Cc1ccc(-n2cc(-c3ccc(Cl)cc3)nc2NC(=O)CN(Cc2ccco2)C(=O)c2cccs2)cc1. The second-order valence-electron chi connectivity index (χ2n) is 8.43. The molecule has 2 aromatic carbocycles. The molecule has 5 rings (SSSR count). The van der Waals surface area contributed by atoms with Crippen LogP contribution < -0.4 is 5.32 Å². The maximum absolute atomic E-state index is 13.3. The van der Waals surface area contributed by atoms with Gasteiger partial charge in [0.15, 0.2) is 0 Å². The maximum Gasteiger partial charge on any atom is 0.264 e. The number of furan rings is 1. The van der Waals surface area contributed by atoms with Crippen LogP contribution in [0.3, 0.4) is 0 Å². The van der Waals surface area contributed by atoms with Gasteiger partial charge in [0.25, 0.3) is 5.91 Å². The van der Waals surface area contributed by atoms with Gasteiger partial charge < -0.3 is 9.32 Å². The average molecular weight is 531 g/mol. The summed E-state index contributed by atoms with van der Waals surface area (Å²) < 4.78 is 7.25. The minimum Gasteiger partial charge on any atom is -0.467 e. The van der Waals surface area contributed by atoms with Gasteiger partial charge in [0.2, 0.25) is 11.9 Å². The molecule has 3 aromatic heterocycles. The van der Waals surface area contributed by atoms with E-state index in [-0.39, 0.29) is 24.9 Å². The number of nitrogens with one attached hydrogen (secondary N) is 1. The van der Waals surface area contributed by atoms with Crippen molar-refractivity contribution in [3.8, 4) is 16.9 Å². The van der Waals surface area contributed by atoms with Gasteiger partial charge in [0.1, 0.15) is 12.3 Å². The number of thiophene rings is 1. The van der Waals surface area contributed by atoms with Crippen LogP contribution in [0.15, 0.2) is 95.1 Å². The highest BCUT2D eigenvalue weighted by molar-refractivity contribution is 7.12. The molecule has 0 fully saturated rings. The van der Waals surface area contributed by atoms with Crippen molar-refractivity contribution in [2.75, 3.05) is 11.9 Å². The van der Waals surface area contributed by atoms with Crippen LogP contribution in [-0.2, 0) is 11.3 Å². The molecule has 0 unspecified atom stereocenters. The first-order chi connectivity index (χ1) is 18.0. The number of carbonyl (C=O) groups excluding carboxylic acids is 2. The van der Waals surface area contributed by atoms with E-state index in [0.29, 0.717) is 27.3 Å². The summed E-state index contributed by atoms with van der Waals surface area (Å²) >= 11 is 7.38. The lowest BCUT2D eigenvalue weighted by atomic mass is 10.2. The number of halogens is 1. The molecule has 2 amide bonds. The second kappa shape index (κ2) is 10.9. The molecule has 37 heavy (non-hydrogen) atoms. The first-order valence-corrected chi connectivity index (χ1v) is 12.8. The number of carbonyl (C=O) groups is 2. The molecule has 0 aliphatic rings. The van der Waals surface area contributed by atoms with E-state index in [2.05, 4.69) is 5.32 Å². The fraction of sp³-hybridized carbons (Fsp3) is 0.107. The van der Waals surface area contributed by atoms with E-state index < -0.39 is 0 Å². The van der Waals surface area contributed by atoms with Crippen LogP contribution in [0.1, 0.15) is 21.0 Å². The van der Waals surface area contributed by atoms with Gasteiger partial charge in [-0.15, -0.1) is 11.3 Å². The Kier molecular flexibility index (Phi) is 7.20. The molecule has 0 radical (unpaired) electrons. The van der Waals surface area contributed by atoms with E-state index in [0.717, 1.165) is 16.8 Å². The zero-order valence-corrected chi connectivity index (χ0v) is 21.5. The molecule has 0 aliphatic carbocycles. The molecule has 7 nitrogen and oxygen atoms in total. The summed E-state index contributed by atoms with van der Waals surface area (Å²) in [4.78, 5) is 33.1. The average Bonchev–Trinajstić information content (AvgIpc) is 3.67. The molecule has 0 spiro atoms. The van der Waals surface area contributed by atoms with Crippen molar-refractivity contribution in [3.63, 3.8) is 0 Å². The Labute approximate surface area is 222 Å². The summed E-state index contributed by atoms with van der Waals surface area (Å²) in [6.45, 7) is 2.01. The van der Waals surface area contributed by atoms with Crippen LogP contribution in [0.25, 0.3) is 16.9 Å². The van der Waals surface area contributed by atoms with Crippen molar-refractivity contribution in [2.24, 2.45) is 0 Å². The van der Waals surface area contributed by atoms with Crippen LogP contribution in [0.2, 0.25) is 5.02 Å². The van der Waals surface area contributed by atoms with Crippen LogP contribution in [0.4, 0.5) is 5.95 Å². The van der Waals surface area contributed by atoms with Crippen LogP contribution in [-0.4, -0.2) is 32.8 Å². The van der Waals surface area contributed by atoms with Crippen LogP contribution >= 0.6 is 22.9 Å². The summed E-state index contributed by atoms with van der Waals surface area (Å²) in [6.07, 6.45) is 3.40. The third-order valence-corrected chi connectivity index (χ3v) is 6.80. The largest absolute Gasteiger partial charge is 0.467 e. The van der Waals surface area contributed by atoms with Gasteiger partial charge in [-0.1, -0.05) is 47.5 Å². The lowest BCUT2D eigenvalue weighted by molar-refractivity contribution is -0.117. The van der Waals surface area contributed by atoms with Crippen LogP contribution in [0, 0.1) is 6.92 Å². The van der Waals surface area contributed by atoms with E-state index in [1.165, 1.54) is 16.2 Å². The molecule has 1 N–H and O–H groups in total. The summed E-state index contributed by atoms with van der Waals surface area (Å²) in [6, 6.07) is 22.3. The fourth-order valence-electron chi connectivity index (χ4n) is 3.81. The summed E-state index contributed by atoms with van der Waals surface area (Å²) in [5.74, 6) is 0.313. The quantitative estimate of drug-likeness (QED) is 0.250. The topological polar surface area (TPSA) is 80.4 Å². The van der Waals surface area contributed by atoms with Crippen molar-refractivity contribution >= 4 is 40.7 Å². The van der Waals surface area contributed by atoms with Gasteiger partial charge in [-0.05, 0) is 54.8 Å². The van der Waals surface area contributed by atoms with Crippen LogP contribution in [0.5, 0.6) is 0 Å². The summed E-state index contributed by atoms with van der Waals surface area (Å²) in [7, 11) is 0. The van der Waals surface area contributed by atoms with E-state index in [4.69, 9.17) is 21.0 Å². The molecule has 0 bridgehead atoms. The predicted octanol–water partition coefficient (Wildman–Crippen LogP) is 6.44. The highest BCUT2D eigenvalue weighted by Gasteiger charge is 2.22. The molecular formula is C28H23ClN4O3S. The minimum absolute atomic E-state index is 0.166. The number of hydrogen-bond acceptors (Lipinski definition) is 5. The monoisotopic (exact) mass is 530 g/mol. The van der Waals surface area contributed by atoms with E-state index in [1.807, 2.05) is 59.5 Å². The number of aryl methyl sites for hydroxylation is 1. The van der Waals surface area contributed by atoms with Gasteiger partial charge in [0, 0.05) is 22.5 Å². The van der Waals surface area contributed by atoms with Gasteiger partial charge in [-0.3, -0.25) is 19.5 Å². The maximum atomic E-state index is 13.3. The Morgan fingerprint density at radius 2 is 1.84 bits per heavy atom. The van der Waals surface area contributed by atoms with Gasteiger partial charge >= 0.3 is 0 Å². The standard InChI is InChI=1S/C28H23ClN4O3S/c1-19-6-12-22(13-7-19)33-17-24(20-8-10-21(29)11-9-20)30-28(33)31-26(34)18-32(16-23-4-2-14-36-23)27(35)25-5-3-15-37-25/h2-15,17H,16,18H2,1H3,(H,30,31,34). The molecule has 0 aliphatic heterocycles. The van der Waals surface area contributed by atoms with E-state index in [9.17, 15) is 9.59 Å². The first-order valence-electron chi connectivity index (χ1n) is 11.5. The lowest BCUT2D eigenvalue weighted by Gasteiger charge is -2.20. The summed E-state index contributed by atoms with van der Waals surface area (Å²) in [5.41, 5.74) is 3.50. The predicted molar refractivity (Wildman–Crippen MR) is 145 cm³/mol. The Hall–Kier alpha value is -4.14. The lowest BCUT2D eigenvalue weighted by Crippen LogP contribution is -2.37. The molecule has 0 saturated carbocycles. The second-order valence-corrected chi connectivity index (χ2v) is 9.81. The molecule has 186 valence electrons. The molecule has 3 heterocycles. The number of benzene rings is 2. The Bertz CT molecular complexity index is 1490. The Balaban J connectivity index is 1.43. The first kappa shape index (κ1) is 24.5. The number of rotatable bonds is 8. The van der Waals surface area contributed by atoms with Crippen molar-refractivity contribution in [3.05, 3.63) is 112 Å². The number of anilines is 1. The smallest absolute Gasteiger partial charge is 0.264 e. The highest BCUT2D eigenvalue weighted by atomic mass is 35.5. The van der Waals surface area contributed by atoms with Crippen molar-refractivity contribution in [1.29, 1.82) is 0 Å². The number of amides is 2. The zero-order chi connectivity index (χ0) is 25.8. The highest BCUT2D eigenvalue weighted by Crippen LogP contribution is 2.26. The van der Waals surface area contributed by atoms with Gasteiger partial charge in [-0.25, -0.2) is 4.98 Å². The van der Waals surface area contributed by atoms with Crippen molar-refractivity contribution in [2.45, 2.75) is 13.5 Å². The van der Waals surface area contributed by atoms with E-state index >= 15 is 0 Å². The Morgan fingerprint density at radius 1 is 1.05 bits per heavy atom. The third-order valence-electron chi connectivity index (χ3n) is 5.69. The molecule has 0 atom stereocenters. The van der Waals surface area contributed by atoms with Crippen molar-refractivity contribution < 1.29 is 14.0 Å². The van der Waals surface area contributed by atoms with E-state index in [1.54, 1.807) is 42.7 Å². The fourth-order valence-corrected chi connectivity index (χ4v) is 4.63. The van der Waals surface area contributed by atoms with Gasteiger partial charge in [-0.2, -0.15) is 0 Å². The molecule has 0 saturated heterocycles. The minimum atomic E-state index is -0.377.